The first-order valence-electron chi connectivity index (χ1n) is 6.93. The Hall–Kier alpha value is -1.31. The summed E-state index contributed by atoms with van der Waals surface area (Å²) in [6.45, 7) is 3.24. The van der Waals surface area contributed by atoms with Crippen molar-refractivity contribution >= 4 is 27.5 Å². The summed E-state index contributed by atoms with van der Waals surface area (Å²) in [5.74, 6) is 1.25. The van der Waals surface area contributed by atoms with Crippen LogP contribution in [0.25, 0.3) is 0 Å². The number of nitrogens with one attached hydrogen (secondary N) is 2. The fraction of sp³-hybridized carbons (Fsp3) is 0.500. The Kier molecular flexibility index (Phi) is 4.62. The zero-order valence-electron chi connectivity index (χ0n) is 11.5. The van der Waals surface area contributed by atoms with E-state index in [0.717, 1.165) is 11.0 Å². The molecule has 0 bridgehead atoms. The van der Waals surface area contributed by atoms with Gasteiger partial charge in [0.1, 0.15) is 13.2 Å². The summed E-state index contributed by atoms with van der Waals surface area (Å²) in [5.41, 5.74) is 0.674. The third-order valence-corrected chi connectivity index (χ3v) is 3.98. The summed E-state index contributed by atoms with van der Waals surface area (Å²) in [7, 11) is 0. The summed E-state index contributed by atoms with van der Waals surface area (Å²) >= 11 is 3.44. The Bertz CT molecular complexity index is 532. The number of fused-ring (bicyclic) bond motifs is 1. The topological polar surface area (TPSA) is 68.8 Å². The van der Waals surface area contributed by atoms with Crippen molar-refractivity contribution < 1.29 is 19.0 Å². The molecule has 1 aromatic rings. The molecule has 1 aromatic carbocycles. The van der Waals surface area contributed by atoms with Gasteiger partial charge in [0.2, 0.25) is 5.91 Å². The van der Waals surface area contributed by atoms with E-state index >= 15 is 0 Å². The van der Waals surface area contributed by atoms with Crippen LogP contribution in [-0.2, 0) is 9.53 Å². The smallest absolute Gasteiger partial charge is 0.227 e. The molecule has 1 unspecified atom stereocenters. The summed E-state index contributed by atoms with van der Waals surface area (Å²) < 4.78 is 17.3. The highest BCUT2D eigenvalue weighted by Gasteiger charge is 2.20. The van der Waals surface area contributed by atoms with E-state index in [4.69, 9.17) is 14.2 Å². The first kappa shape index (κ1) is 14.6. The van der Waals surface area contributed by atoms with Crippen LogP contribution < -0.4 is 20.1 Å². The Morgan fingerprint density at radius 2 is 2.05 bits per heavy atom. The van der Waals surface area contributed by atoms with Gasteiger partial charge < -0.3 is 24.8 Å². The highest BCUT2D eigenvalue weighted by atomic mass is 79.9. The number of hydrogen-bond acceptors (Lipinski definition) is 5. The fourth-order valence-electron chi connectivity index (χ4n) is 2.32. The summed E-state index contributed by atoms with van der Waals surface area (Å²) in [4.78, 5) is 12.1. The zero-order valence-corrected chi connectivity index (χ0v) is 13.1. The zero-order chi connectivity index (χ0) is 14.7. The van der Waals surface area contributed by atoms with Crippen molar-refractivity contribution in [2.45, 2.75) is 12.5 Å². The second kappa shape index (κ2) is 6.64. The van der Waals surface area contributed by atoms with Crippen LogP contribution in [0.3, 0.4) is 0 Å². The van der Waals surface area contributed by atoms with E-state index in [0.29, 0.717) is 50.0 Å². The molecule has 21 heavy (non-hydrogen) atoms. The molecular weight excluding hydrogens is 340 g/mol. The number of ether oxygens (including phenoxy) is 3. The predicted molar refractivity (Wildman–Crippen MR) is 81.0 cm³/mol. The van der Waals surface area contributed by atoms with Crippen LogP contribution in [0.15, 0.2) is 16.6 Å². The third-order valence-electron chi connectivity index (χ3n) is 3.32. The van der Waals surface area contributed by atoms with Gasteiger partial charge in [-0.25, -0.2) is 0 Å². The first-order chi connectivity index (χ1) is 10.2. The molecule has 1 fully saturated rings. The van der Waals surface area contributed by atoms with Crippen molar-refractivity contribution in [1.82, 2.24) is 5.32 Å². The van der Waals surface area contributed by atoms with E-state index in [1.807, 2.05) is 6.07 Å². The lowest BCUT2D eigenvalue weighted by Gasteiger charge is -2.23. The van der Waals surface area contributed by atoms with Gasteiger partial charge in [0.05, 0.1) is 24.8 Å². The average molecular weight is 357 g/mol. The van der Waals surface area contributed by atoms with E-state index in [2.05, 4.69) is 26.6 Å². The second-order valence-corrected chi connectivity index (χ2v) is 5.78. The van der Waals surface area contributed by atoms with Gasteiger partial charge in [-0.1, -0.05) is 0 Å². The first-order valence-corrected chi connectivity index (χ1v) is 7.73. The number of carbonyl (C=O) groups excluding carboxylic acids is 1. The minimum Gasteiger partial charge on any atom is -0.486 e. The van der Waals surface area contributed by atoms with E-state index in [1.165, 1.54) is 0 Å². The summed E-state index contributed by atoms with van der Waals surface area (Å²) in [6, 6.07) is 3.58. The lowest BCUT2D eigenvalue weighted by atomic mass is 10.2. The molecule has 2 N–H and O–H groups in total. The monoisotopic (exact) mass is 356 g/mol. The van der Waals surface area contributed by atoms with Crippen LogP contribution in [0.5, 0.6) is 11.5 Å². The highest BCUT2D eigenvalue weighted by Crippen LogP contribution is 2.38. The van der Waals surface area contributed by atoms with Gasteiger partial charge in [-0.2, -0.15) is 0 Å². The largest absolute Gasteiger partial charge is 0.486 e. The highest BCUT2D eigenvalue weighted by molar-refractivity contribution is 9.10. The molecular formula is C14H17BrN2O4. The fourth-order valence-corrected chi connectivity index (χ4v) is 2.74. The van der Waals surface area contributed by atoms with Crippen LogP contribution >= 0.6 is 15.9 Å². The van der Waals surface area contributed by atoms with Crippen molar-refractivity contribution in [3.8, 4) is 11.5 Å². The molecule has 2 aliphatic heterocycles. The van der Waals surface area contributed by atoms with Crippen molar-refractivity contribution in [2.24, 2.45) is 0 Å². The number of anilines is 1. The van der Waals surface area contributed by atoms with Gasteiger partial charge in [0, 0.05) is 29.7 Å². The van der Waals surface area contributed by atoms with E-state index in [-0.39, 0.29) is 12.0 Å². The number of carbonyl (C=O) groups is 1. The SMILES string of the molecule is O=C(CC1CNCCO1)Nc1cc2c(cc1Br)OCCO2. The normalized spacial score (nSPS) is 20.9. The van der Waals surface area contributed by atoms with Gasteiger partial charge in [-0.05, 0) is 15.9 Å². The van der Waals surface area contributed by atoms with Crippen molar-refractivity contribution in [3.05, 3.63) is 16.6 Å². The molecule has 0 spiro atoms. The van der Waals surface area contributed by atoms with E-state index in [9.17, 15) is 4.79 Å². The van der Waals surface area contributed by atoms with E-state index < -0.39 is 0 Å². The lowest BCUT2D eigenvalue weighted by Crippen LogP contribution is -2.40. The molecule has 0 aliphatic carbocycles. The van der Waals surface area contributed by atoms with Crippen LogP contribution in [0, 0.1) is 0 Å². The molecule has 0 radical (unpaired) electrons. The second-order valence-electron chi connectivity index (χ2n) is 4.92. The molecule has 7 heteroatoms. The van der Waals surface area contributed by atoms with Gasteiger partial charge in [-0.15, -0.1) is 0 Å². The molecule has 2 heterocycles. The molecule has 1 saturated heterocycles. The minimum atomic E-state index is -0.0823. The van der Waals surface area contributed by atoms with Crippen LogP contribution in [0.2, 0.25) is 0 Å². The molecule has 114 valence electrons. The Morgan fingerprint density at radius 3 is 2.76 bits per heavy atom. The van der Waals surface area contributed by atoms with Gasteiger partial charge in [0.15, 0.2) is 11.5 Å². The molecule has 0 aromatic heterocycles. The number of hydrogen-bond donors (Lipinski definition) is 2. The number of rotatable bonds is 3. The maximum absolute atomic E-state index is 12.1. The Balaban J connectivity index is 1.65. The van der Waals surface area contributed by atoms with Crippen molar-refractivity contribution in [2.75, 3.05) is 38.2 Å². The Morgan fingerprint density at radius 1 is 1.29 bits per heavy atom. The number of amides is 1. The molecule has 0 saturated carbocycles. The summed E-state index contributed by atoms with van der Waals surface area (Å²) in [6.07, 6.45) is 0.253. The number of benzene rings is 1. The maximum atomic E-state index is 12.1. The number of halogens is 1. The lowest BCUT2D eigenvalue weighted by molar-refractivity contribution is -0.119. The summed E-state index contributed by atoms with van der Waals surface area (Å²) in [5, 5.41) is 6.08. The molecule has 1 atom stereocenters. The minimum absolute atomic E-state index is 0.0743. The van der Waals surface area contributed by atoms with Gasteiger partial charge in [-0.3, -0.25) is 4.79 Å². The average Bonchev–Trinajstić information content (AvgIpc) is 2.49. The quantitative estimate of drug-likeness (QED) is 0.859. The van der Waals surface area contributed by atoms with Crippen molar-refractivity contribution in [3.63, 3.8) is 0 Å². The standard InChI is InChI=1S/C14H17BrN2O4/c15-10-6-12-13(21-4-3-20-12)7-11(10)17-14(18)5-9-8-16-1-2-19-9/h6-7,9,16H,1-5,8H2,(H,17,18). The van der Waals surface area contributed by atoms with Crippen molar-refractivity contribution in [1.29, 1.82) is 0 Å². The number of morpholine rings is 1. The van der Waals surface area contributed by atoms with Gasteiger partial charge in [0.25, 0.3) is 0 Å². The van der Waals surface area contributed by atoms with E-state index in [1.54, 1.807) is 6.07 Å². The molecule has 1 amide bonds. The van der Waals surface area contributed by atoms with Crippen LogP contribution in [-0.4, -0.2) is 44.9 Å². The third kappa shape index (κ3) is 3.66. The molecule has 2 aliphatic rings. The molecule has 6 nitrogen and oxygen atoms in total. The molecule has 3 rings (SSSR count). The van der Waals surface area contributed by atoms with Crippen LogP contribution in [0.1, 0.15) is 6.42 Å². The predicted octanol–water partition coefficient (Wildman–Crippen LogP) is 1.54. The Labute approximate surface area is 131 Å². The van der Waals surface area contributed by atoms with Crippen LogP contribution in [0.4, 0.5) is 5.69 Å². The van der Waals surface area contributed by atoms with Gasteiger partial charge >= 0.3 is 0 Å². The maximum Gasteiger partial charge on any atom is 0.227 e.